The first-order valence-corrected chi connectivity index (χ1v) is 2.36. The summed E-state index contributed by atoms with van der Waals surface area (Å²) in [7, 11) is 0. The Bertz CT molecular complexity index is 170. The first kappa shape index (κ1) is 4.87. The number of hydrogen-bond donors (Lipinski definition) is 0. The van der Waals surface area contributed by atoms with Crippen LogP contribution in [0.15, 0.2) is 12.2 Å². The molecule has 38 valence electrons. The zero-order valence-corrected chi connectivity index (χ0v) is 4.20. The van der Waals surface area contributed by atoms with Gasteiger partial charge in [-0.15, -0.1) is 0 Å². The first-order chi connectivity index (χ1) is 3.88. The fourth-order valence-electron chi connectivity index (χ4n) is 0.580. The van der Waals surface area contributed by atoms with Crippen molar-refractivity contribution in [1.29, 1.82) is 10.5 Å². The number of allylic oxidation sites excluding steroid dienone is 2. The van der Waals surface area contributed by atoms with Crippen molar-refractivity contribution in [2.75, 3.05) is 0 Å². The lowest BCUT2D eigenvalue weighted by Gasteiger charge is -2.14. The fourth-order valence-corrected chi connectivity index (χ4v) is 0.580. The molecular formula is C6H4N2. The molecule has 1 rings (SSSR count). The summed E-state index contributed by atoms with van der Waals surface area (Å²) in [5.41, 5.74) is 0. The molecule has 0 unspecified atom stereocenters. The third kappa shape index (κ3) is 0.476. The van der Waals surface area contributed by atoms with Gasteiger partial charge in [-0.1, -0.05) is 12.2 Å². The van der Waals surface area contributed by atoms with Crippen LogP contribution in [0.2, 0.25) is 0 Å². The first-order valence-electron chi connectivity index (χ1n) is 2.36. The van der Waals surface area contributed by atoms with E-state index in [2.05, 4.69) is 0 Å². The van der Waals surface area contributed by atoms with Gasteiger partial charge in [0.15, 0.2) is 0 Å². The Labute approximate surface area is 47.7 Å². The summed E-state index contributed by atoms with van der Waals surface area (Å²) < 4.78 is 0. The summed E-state index contributed by atoms with van der Waals surface area (Å²) in [6.45, 7) is 0. The van der Waals surface area contributed by atoms with E-state index in [0.717, 1.165) is 0 Å². The van der Waals surface area contributed by atoms with Crippen LogP contribution in [0.4, 0.5) is 0 Å². The maximum absolute atomic E-state index is 8.24. The molecule has 0 bridgehead atoms. The lowest BCUT2D eigenvalue weighted by molar-refractivity contribution is 0.635. The number of rotatable bonds is 0. The second-order valence-electron chi connectivity index (χ2n) is 1.69. The van der Waals surface area contributed by atoms with E-state index in [1.54, 1.807) is 12.2 Å². The van der Waals surface area contributed by atoms with Crippen molar-refractivity contribution in [2.45, 2.75) is 0 Å². The van der Waals surface area contributed by atoms with Crippen LogP contribution in [0.5, 0.6) is 0 Å². The molecule has 8 heavy (non-hydrogen) atoms. The Morgan fingerprint density at radius 3 is 1.50 bits per heavy atom. The highest BCUT2D eigenvalue weighted by molar-refractivity contribution is 5.23. The molecule has 0 spiro atoms. The maximum atomic E-state index is 8.24. The summed E-state index contributed by atoms with van der Waals surface area (Å²) >= 11 is 0. The van der Waals surface area contributed by atoms with E-state index in [4.69, 9.17) is 10.5 Å². The molecule has 0 saturated heterocycles. The van der Waals surface area contributed by atoms with Gasteiger partial charge in [0.25, 0.3) is 0 Å². The Hall–Kier alpha value is -1.28. The third-order valence-electron chi connectivity index (χ3n) is 1.21. The van der Waals surface area contributed by atoms with Gasteiger partial charge < -0.3 is 0 Å². The molecule has 0 heterocycles. The van der Waals surface area contributed by atoms with Crippen molar-refractivity contribution >= 4 is 0 Å². The largest absolute Gasteiger partial charge is 0.198 e. The minimum atomic E-state index is -0.139. The zero-order chi connectivity index (χ0) is 5.98. The molecule has 0 aliphatic heterocycles. The van der Waals surface area contributed by atoms with Gasteiger partial charge in [-0.25, -0.2) is 0 Å². The van der Waals surface area contributed by atoms with Crippen molar-refractivity contribution < 1.29 is 0 Å². The minimum absolute atomic E-state index is 0.139. The second-order valence-corrected chi connectivity index (χ2v) is 1.69. The molecule has 0 fully saturated rings. The molecule has 1 aliphatic rings. The predicted octanol–water partition coefficient (Wildman–Crippen LogP) is 0.836. The molecule has 1 aliphatic carbocycles. The highest BCUT2D eigenvalue weighted by Gasteiger charge is 2.22. The van der Waals surface area contributed by atoms with Crippen molar-refractivity contribution in [3.63, 3.8) is 0 Å². The molecule has 2 nitrogen and oxygen atoms in total. The van der Waals surface area contributed by atoms with Crippen LogP contribution in [0, 0.1) is 34.5 Å². The molecule has 0 radical (unpaired) electrons. The van der Waals surface area contributed by atoms with Crippen LogP contribution in [0.3, 0.4) is 0 Å². The van der Waals surface area contributed by atoms with Crippen molar-refractivity contribution in [2.24, 2.45) is 11.8 Å². The standard InChI is InChI=1S/C6H4N2/c7-3-5-1-2-6(5)4-8/h1-2,5-6H/t5-,6+. The second kappa shape index (κ2) is 1.68. The lowest BCUT2D eigenvalue weighted by Crippen LogP contribution is -2.13. The van der Waals surface area contributed by atoms with Crippen molar-refractivity contribution in [3.8, 4) is 12.1 Å². The normalized spacial score (nSPS) is 32.2. The van der Waals surface area contributed by atoms with Gasteiger partial charge in [0.2, 0.25) is 0 Å². The molecule has 0 saturated carbocycles. The average Bonchev–Trinajstić information content (AvgIpc) is 1.66. The van der Waals surface area contributed by atoms with Gasteiger partial charge in [0, 0.05) is 0 Å². The Kier molecular flexibility index (Phi) is 1.02. The summed E-state index contributed by atoms with van der Waals surface area (Å²) in [6.07, 6.45) is 3.49. The van der Waals surface area contributed by atoms with E-state index in [1.807, 2.05) is 12.1 Å². The van der Waals surface area contributed by atoms with Gasteiger partial charge >= 0.3 is 0 Å². The quantitative estimate of drug-likeness (QED) is 0.427. The Balaban J connectivity index is 2.61. The smallest absolute Gasteiger partial charge is 0.0837 e. The van der Waals surface area contributed by atoms with Crippen LogP contribution in [0.1, 0.15) is 0 Å². The van der Waals surface area contributed by atoms with Gasteiger partial charge in [-0.3, -0.25) is 0 Å². The van der Waals surface area contributed by atoms with Gasteiger partial charge in [-0.2, -0.15) is 10.5 Å². The lowest BCUT2D eigenvalue weighted by atomic mass is 9.85. The Morgan fingerprint density at radius 2 is 1.38 bits per heavy atom. The summed E-state index contributed by atoms with van der Waals surface area (Å²) in [5, 5.41) is 16.5. The Morgan fingerprint density at radius 1 is 1.00 bits per heavy atom. The maximum Gasteiger partial charge on any atom is 0.0837 e. The van der Waals surface area contributed by atoms with E-state index >= 15 is 0 Å². The molecule has 0 aromatic carbocycles. The van der Waals surface area contributed by atoms with E-state index in [-0.39, 0.29) is 11.8 Å². The number of nitrogens with zero attached hydrogens (tertiary/aromatic N) is 2. The summed E-state index contributed by atoms with van der Waals surface area (Å²) in [4.78, 5) is 0. The molecule has 0 aromatic rings. The molecular weight excluding hydrogens is 100 g/mol. The van der Waals surface area contributed by atoms with Crippen molar-refractivity contribution in [3.05, 3.63) is 12.2 Å². The zero-order valence-electron chi connectivity index (χ0n) is 4.20. The molecule has 0 N–H and O–H groups in total. The molecule has 2 atom stereocenters. The topological polar surface area (TPSA) is 47.6 Å². The highest BCUT2D eigenvalue weighted by atomic mass is 14.4. The van der Waals surface area contributed by atoms with Gasteiger partial charge in [0.05, 0.1) is 24.0 Å². The third-order valence-corrected chi connectivity index (χ3v) is 1.21. The van der Waals surface area contributed by atoms with E-state index < -0.39 is 0 Å². The average molecular weight is 104 g/mol. The molecule has 0 aromatic heterocycles. The van der Waals surface area contributed by atoms with E-state index in [9.17, 15) is 0 Å². The highest BCUT2D eigenvalue weighted by Crippen LogP contribution is 2.22. The molecule has 0 amide bonds. The van der Waals surface area contributed by atoms with Crippen LogP contribution in [-0.2, 0) is 0 Å². The van der Waals surface area contributed by atoms with E-state index in [1.165, 1.54) is 0 Å². The van der Waals surface area contributed by atoms with Gasteiger partial charge in [0.1, 0.15) is 0 Å². The number of hydrogen-bond acceptors (Lipinski definition) is 2. The van der Waals surface area contributed by atoms with Crippen LogP contribution in [0.25, 0.3) is 0 Å². The number of nitriles is 2. The molecule has 2 heteroatoms. The van der Waals surface area contributed by atoms with Crippen molar-refractivity contribution in [1.82, 2.24) is 0 Å². The van der Waals surface area contributed by atoms with Crippen LogP contribution >= 0.6 is 0 Å². The van der Waals surface area contributed by atoms with Crippen LogP contribution in [-0.4, -0.2) is 0 Å². The SMILES string of the molecule is N#C[C@@H]1C=C[C@@H]1C#N. The predicted molar refractivity (Wildman–Crippen MR) is 27.3 cm³/mol. The summed E-state index contributed by atoms with van der Waals surface area (Å²) in [6, 6.07) is 3.99. The monoisotopic (exact) mass is 104 g/mol. The van der Waals surface area contributed by atoms with Gasteiger partial charge in [-0.05, 0) is 0 Å². The fraction of sp³-hybridized carbons (Fsp3) is 0.333. The van der Waals surface area contributed by atoms with E-state index in [0.29, 0.717) is 0 Å². The summed E-state index contributed by atoms with van der Waals surface area (Å²) in [5.74, 6) is -0.278. The van der Waals surface area contributed by atoms with Crippen LogP contribution < -0.4 is 0 Å². The minimum Gasteiger partial charge on any atom is -0.198 e.